The maximum absolute atomic E-state index is 11.8. The van der Waals surface area contributed by atoms with Crippen LogP contribution in [0.15, 0.2) is 18.3 Å². The second kappa shape index (κ2) is 5.14. The van der Waals surface area contributed by atoms with Gasteiger partial charge in [0.15, 0.2) is 5.69 Å². The van der Waals surface area contributed by atoms with Crippen LogP contribution < -0.4 is 11.1 Å². The van der Waals surface area contributed by atoms with Crippen molar-refractivity contribution < 1.29 is 9.90 Å². The first kappa shape index (κ1) is 11.9. The number of pyridine rings is 1. The maximum atomic E-state index is 11.8. The van der Waals surface area contributed by atoms with Crippen LogP contribution in [0.3, 0.4) is 0 Å². The van der Waals surface area contributed by atoms with E-state index in [9.17, 15) is 9.90 Å². The van der Waals surface area contributed by atoms with Gasteiger partial charge in [0.25, 0.3) is 5.91 Å². The molecule has 5 heteroatoms. The van der Waals surface area contributed by atoms with Crippen LogP contribution in [0.5, 0.6) is 0 Å². The number of aliphatic hydroxyl groups is 1. The van der Waals surface area contributed by atoms with Gasteiger partial charge in [0, 0.05) is 12.7 Å². The summed E-state index contributed by atoms with van der Waals surface area (Å²) in [5.74, 6) is 0.114. The second-order valence-electron chi connectivity index (χ2n) is 4.48. The molecule has 1 amide bonds. The van der Waals surface area contributed by atoms with Gasteiger partial charge in [-0.15, -0.1) is 0 Å². The average molecular weight is 235 g/mol. The molecule has 1 aliphatic rings. The number of aromatic nitrogens is 1. The van der Waals surface area contributed by atoms with Gasteiger partial charge in [-0.3, -0.25) is 4.79 Å². The number of aliphatic hydroxyl groups excluding tert-OH is 1. The van der Waals surface area contributed by atoms with Crippen molar-refractivity contribution >= 4 is 11.6 Å². The van der Waals surface area contributed by atoms with Crippen LogP contribution in [0.25, 0.3) is 0 Å². The summed E-state index contributed by atoms with van der Waals surface area (Å²) < 4.78 is 0. The van der Waals surface area contributed by atoms with E-state index < -0.39 is 0 Å². The number of nitrogens with one attached hydrogen (secondary N) is 1. The van der Waals surface area contributed by atoms with Crippen LogP contribution in [0.4, 0.5) is 5.69 Å². The van der Waals surface area contributed by atoms with Gasteiger partial charge in [-0.25, -0.2) is 4.98 Å². The third-order valence-electron chi connectivity index (χ3n) is 3.12. The molecular formula is C12H17N3O2. The first-order chi connectivity index (χ1) is 8.16. The number of anilines is 1. The van der Waals surface area contributed by atoms with Gasteiger partial charge >= 0.3 is 0 Å². The van der Waals surface area contributed by atoms with E-state index in [0.717, 1.165) is 19.3 Å². The summed E-state index contributed by atoms with van der Waals surface area (Å²) in [4.78, 5) is 15.7. The zero-order valence-electron chi connectivity index (χ0n) is 9.60. The van der Waals surface area contributed by atoms with Gasteiger partial charge in [-0.05, 0) is 37.3 Å². The van der Waals surface area contributed by atoms with Crippen LogP contribution >= 0.6 is 0 Å². The van der Waals surface area contributed by atoms with E-state index in [4.69, 9.17) is 5.73 Å². The third kappa shape index (κ3) is 2.94. The fraction of sp³-hybridized carbons (Fsp3) is 0.500. The van der Waals surface area contributed by atoms with Crippen molar-refractivity contribution in [2.24, 2.45) is 5.92 Å². The summed E-state index contributed by atoms with van der Waals surface area (Å²) in [6, 6.07) is 3.35. The quantitative estimate of drug-likeness (QED) is 0.714. The molecule has 0 spiro atoms. The highest BCUT2D eigenvalue weighted by atomic mass is 16.3. The number of nitrogens with zero attached hydrogens (tertiary/aromatic N) is 1. The molecular weight excluding hydrogens is 218 g/mol. The SMILES string of the molecule is Nc1cccnc1C(=O)NCC1CCC(O)C1. The highest BCUT2D eigenvalue weighted by Gasteiger charge is 2.23. The van der Waals surface area contributed by atoms with Crippen molar-refractivity contribution in [2.45, 2.75) is 25.4 Å². The number of carbonyl (C=O) groups excluding carboxylic acids is 1. The third-order valence-corrected chi connectivity index (χ3v) is 3.12. The van der Waals surface area contributed by atoms with Gasteiger partial charge in [0.05, 0.1) is 11.8 Å². The van der Waals surface area contributed by atoms with Crippen molar-refractivity contribution in [1.82, 2.24) is 10.3 Å². The minimum Gasteiger partial charge on any atom is -0.397 e. The summed E-state index contributed by atoms with van der Waals surface area (Å²) in [6.45, 7) is 0.575. The number of hydrogen-bond acceptors (Lipinski definition) is 4. The molecule has 2 unspecified atom stereocenters. The van der Waals surface area contributed by atoms with Crippen LogP contribution in [0.2, 0.25) is 0 Å². The van der Waals surface area contributed by atoms with Gasteiger partial charge in [-0.2, -0.15) is 0 Å². The highest BCUT2D eigenvalue weighted by Crippen LogP contribution is 2.24. The molecule has 5 nitrogen and oxygen atoms in total. The minimum absolute atomic E-state index is 0.211. The lowest BCUT2D eigenvalue weighted by Crippen LogP contribution is -2.29. The first-order valence-electron chi connectivity index (χ1n) is 5.83. The van der Waals surface area contributed by atoms with Crippen LogP contribution in [0, 0.1) is 5.92 Å². The van der Waals surface area contributed by atoms with Crippen molar-refractivity contribution in [3.8, 4) is 0 Å². The molecule has 0 saturated heterocycles. The van der Waals surface area contributed by atoms with E-state index in [1.54, 1.807) is 18.3 Å². The average Bonchev–Trinajstić information content (AvgIpc) is 2.73. The summed E-state index contributed by atoms with van der Waals surface area (Å²) in [7, 11) is 0. The first-order valence-corrected chi connectivity index (χ1v) is 5.83. The zero-order chi connectivity index (χ0) is 12.3. The predicted octanol–water partition coefficient (Wildman–Crippen LogP) is 0.555. The Morgan fingerprint density at radius 3 is 3.06 bits per heavy atom. The second-order valence-corrected chi connectivity index (χ2v) is 4.48. The zero-order valence-corrected chi connectivity index (χ0v) is 9.60. The van der Waals surface area contributed by atoms with E-state index in [1.807, 2.05) is 0 Å². The normalized spacial score (nSPS) is 23.6. The maximum Gasteiger partial charge on any atom is 0.272 e. The Bertz CT molecular complexity index is 408. The van der Waals surface area contributed by atoms with E-state index in [1.165, 1.54) is 0 Å². The molecule has 0 aromatic carbocycles. The summed E-state index contributed by atoms with van der Waals surface area (Å²) in [6.07, 6.45) is 3.88. The van der Waals surface area contributed by atoms with Gasteiger partial charge in [0.2, 0.25) is 0 Å². The Labute approximate surface area is 100 Å². The van der Waals surface area contributed by atoms with Crippen LogP contribution in [-0.4, -0.2) is 28.6 Å². The van der Waals surface area contributed by atoms with Crippen molar-refractivity contribution in [1.29, 1.82) is 0 Å². The Hall–Kier alpha value is -1.62. The number of amides is 1. The number of nitrogens with two attached hydrogens (primary N) is 1. The van der Waals surface area contributed by atoms with E-state index in [-0.39, 0.29) is 17.7 Å². The Balaban J connectivity index is 1.88. The number of hydrogen-bond donors (Lipinski definition) is 3. The van der Waals surface area contributed by atoms with Crippen molar-refractivity contribution in [2.75, 3.05) is 12.3 Å². The van der Waals surface area contributed by atoms with Crippen LogP contribution in [0.1, 0.15) is 29.8 Å². The van der Waals surface area contributed by atoms with Crippen LogP contribution in [-0.2, 0) is 0 Å². The Kier molecular flexibility index (Phi) is 3.58. The number of rotatable bonds is 3. The molecule has 0 aliphatic heterocycles. The molecule has 0 bridgehead atoms. The number of nitrogen functional groups attached to an aromatic ring is 1. The monoisotopic (exact) mass is 235 g/mol. The molecule has 1 fully saturated rings. The van der Waals surface area contributed by atoms with Gasteiger partial charge in [-0.1, -0.05) is 0 Å². The Morgan fingerprint density at radius 1 is 1.59 bits per heavy atom. The molecule has 1 aromatic rings. The van der Waals surface area contributed by atoms with E-state index >= 15 is 0 Å². The fourth-order valence-electron chi connectivity index (χ4n) is 2.16. The minimum atomic E-state index is -0.246. The van der Waals surface area contributed by atoms with Gasteiger partial charge < -0.3 is 16.2 Å². The van der Waals surface area contributed by atoms with Gasteiger partial charge in [0.1, 0.15) is 0 Å². The smallest absolute Gasteiger partial charge is 0.272 e. The molecule has 1 saturated carbocycles. The lowest BCUT2D eigenvalue weighted by atomic mass is 10.1. The molecule has 2 rings (SSSR count). The van der Waals surface area contributed by atoms with Crippen molar-refractivity contribution in [3.05, 3.63) is 24.0 Å². The topological polar surface area (TPSA) is 88.2 Å². The molecule has 0 radical (unpaired) electrons. The number of carbonyl (C=O) groups is 1. The predicted molar refractivity (Wildman–Crippen MR) is 64.3 cm³/mol. The molecule has 1 aliphatic carbocycles. The fourth-order valence-corrected chi connectivity index (χ4v) is 2.16. The standard InChI is InChI=1S/C12H17N3O2/c13-10-2-1-5-14-11(10)12(17)15-7-8-3-4-9(16)6-8/h1-2,5,8-9,16H,3-4,6-7,13H2,(H,15,17). The lowest BCUT2D eigenvalue weighted by Gasteiger charge is -2.11. The molecule has 1 heterocycles. The molecule has 92 valence electrons. The van der Waals surface area contributed by atoms with Crippen molar-refractivity contribution in [3.63, 3.8) is 0 Å². The lowest BCUT2D eigenvalue weighted by molar-refractivity contribution is 0.0941. The summed E-state index contributed by atoms with van der Waals surface area (Å²) in [5.41, 5.74) is 6.32. The Morgan fingerprint density at radius 2 is 2.41 bits per heavy atom. The highest BCUT2D eigenvalue weighted by molar-refractivity contribution is 5.96. The molecule has 4 N–H and O–H groups in total. The summed E-state index contributed by atoms with van der Waals surface area (Å²) in [5, 5.41) is 12.2. The van der Waals surface area contributed by atoms with E-state index in [0.29, 0.717) is 18.2 Å². The largest absolute Gasteiger partial charge is 0.397 e. The molecule has 17 heavy (non-hydrogen) atoms. The summed E-state index contributed by atoms with van der Waals surface area (Å²) >= 11 is 0. The molecule has 1 aromatic heterocycles. The molecule has 2 atom stereocenters. The van der Waals surface area contributed by atoms with E-state index in [2.05, 4.69) is 10.3 Å².